The molecule has 0 bridgehead atoms. The number of nitrogens with zero attached hydrogens (tertiary/aromatic N) is 4. The van der Waals surface area contributed by atoms with Crippen molar-refractivity contribution >= 4 is 17.1 Å². The minimum Gasteiger partial charge on any atom is -0.310 e. The van der Waals surface area contributed by atoms with Crippen LogP contribution in [0.1, 0.15) is 47.2 Å². The first kappa shape index (κ1) is 33.7. The highest BCUT2D eigenvalue weighted by atomic mass is 15.2. The van der Waals surface area contributed by atoms with Gasteiger partial charge in [0.25, 0.3) is 0 Å². The Labute approximate surface area is 344 Å². The Morgan fingerprint density at radius 3 is 1.46 bits per heavy atom. The van der Waals surface area contributed by atoms with Crippen LogP contribution in [0, 0.1) is 0 Å². The normalized spacial score (nSPS) is 14.5. The van der Waals surface area contributed by atoms with Gasteiger partial charge in [-0.15, -0.1) is 0 Å². The fourth-order valence-corrected chi connectivity index (χ4v) is 10.3. The molecule has 12 rings (SSSR count). The van der Waals surface area contributed by atoms with Gasteiger partial charge in [0.15, 0.2) is 17.5 Å². The van der Waals surface area contributed by atoms with Crippen LogP contribution in [0.15, 0.2) is 194 Å². The molecule has 0 atom stereocenters. The van der Waals surface area contributed by atoms with Crippen LogP contribution >= 0.6 is 0 Å². The van der Waals surface area contributed by atoms with Crippen LogP contribution in [-0.4, -0.2) is 15.0 Å². The molecular weight excluding hydrogens is 717 g/mol. The lowest BCUT2D eigenvalue weighted by molar-refractivity contribution is 0.660. The third kappa shape index (κ3) is 4.74. The van der Waals surface area contributed by atoms with E-state index >= 15 is 0 Å². The number of para-hydroxylation sites is 3. The molecule has 3 aliphatic rings. The summed E-state index contributed by atoms with van der Waals surface area (Å²) < 4.78 is 0. The first-order valence-corrected chi connectivity index (χ1v) is 20.4. The van der Waals surface area contributed by atoms with E-state index in [1.165, 1.54) is 67.0 Å². The first-order chi connectivity index (χ1) is 29.0. The van der Waals surface area contributed by atoms with Crippen LogP contribution in [0.5, 0.6) is 0 Å². The molecule has 278 valence electrons. The fraction of sp³-hybridized carbons (Fsp3) is 0.0727. The number of hydrogen-bond acceptors (Lipinski definition) is 4. The van der Waals surface area contributed by atoms with E-state index in [0.29, 0.717) is 17.5 Å². The molecule has 2 heterocycles. The maximum absolute atomic E-state index is 5.29. The smallest absolute Gasteiger partial charge is 0.164 e. The van der Waals surface area contributed by atoms with Gasteiger partial charge in [-0.3, -0.25) is 0 Å². The summed E-state index contributed by atoms with van der Waals surface area (Å²) in [5.74, 6) is 1.97. The van der Waals surface area contributed by atoms with Crippen LogP contribution in [0.3, 0.4) is 0 Å². The summed E-state index contributed by atoms with van der Waals surface area (Å²) in [6, 6.07) is 70.1. The number of anilines is 3. The summed E-state index contributed by atoms with van der Waals surface area (Å²) in [5.41, 5.74) is 18.4. The Morgan fingerprint density at radius 2 is 0.797 bits per heavy atom. The van der Waals surface area contributed by atoms with Crippen molar-refractivity contribution in [2.24, 2.45) is 0 Å². The standard InChI is InChI=1S/C55H38N4/c1-54(2)43-23-11-9-21-39(43)41-31-29-37(34-48(41)54)53-57-51(35-17-5-3-6-18-35)56-52(58-53)36-30-32-45-42(33-36)40-22-10-12-24-44(40)55(45)46-25-13-15-27-49(46)59(38-19-7-4-8-20-38)50-28-16-14-26-47(50)55/h3-34H,1-2H3. The van der Waals surface area contributed by atoms with Crippen molar-refractivity contribution in [1.29, 1.82) is 0 Å². The van der Waals surface area contributed by atoms with Gasteiger partial charge in [-0.05, 0) is 92.0 Å². The van der Waals surface area contributed by atoms with Crippen molar-refractivity contribution in [2.45, 2.75) is 24.7 Å². The second-order valence-corrected chi connectivity index (χ2v) is 16.4. The molecule has 0 saturated heterocycles. The summed E-state index contributed by atoms with van der Waals surface area (Å²) in [5, 5.41) is 0. The highest BCUT2D eigenvalue weighted by Crippen LogP contribution is 2.63. The van der Waals surface area contributed by atoms with E-state index in [1.54, 1.807) is 0 Å². The number of rotatable bonds is 4. The van der Waals surface area contributed by atoms with E-state index in [-0.39, 0.29) is 5.41 Å². The molecule has 2 aliphatic carbocycles. The van der Waals surface area contributed by atoms with Gasteiger partial charge in [-0.25, -0.2) is 15.0 Å². The van der Waals surface area contributed by atoms with E-state index in [1.807, 2.05) is 18.2 Å². The average Bonchev–Trinajstić information content (AvgIpc) is 3.72. The van der Waals surface area contributed by atoms with Crippen LogP contribution < -0.4 is 4.90 Å². The molecule has 1 spiro atoms. The van der Waals surface area contributed by atoms with Crippen LogP contribution in [0.25, 0.3) is 56.4 Å². The molecule has 0 unspecified atom stereocenters. The van der Waals surface area contributed by atoms with Gasteiger partial charge in [0, 0.05) is 27.8 Å². The van der Waals surface area contributed by atoms with E-state index in [4.69, 9.17) is 15.0 Å². The van der Waals surface area contributed by atoms with Crippen LogP contribution in [-0.2, 0) is 10.8 Å². The second kappa shape index (κ2) is 12.5. The molecule has 4 nitrogen and oxygen atoms in total. The van der Waals surface area contributed by atoms with Gasteiger partial charge in [0.1, 0.15) is 0 Å². The van der Waals surface area contributed by atoms with Crippen molar-refractivity contribution in [3.8, 4) is 56.4 Å². The zero-order chi connectivity index (χ0) is 39.3. The SMILES string of the molecule is CC1(C)c2ccccc2-c2ccc(-c3nc(-c4ccccc4)nc(-c4ccc5c(c4)-c4ccccc4C54c5ccccc5N(c5ccccc5)c5ccccc54)n3)cc21. The lowest BCUT2D eigenvalue weighted by Crippen LogP contribution is -2.36. The number of aromatic nitrogens is 3. The molecule has 4 heteroatoms. The Balaban J connectivity index is 1.06. The number of fused-ring (bicyclic) bond motifs is 12. The topological polar surface area (TPSA) is 41.9 Å². The fourth-order valence-electron chi connectivity index (χ4n) is 10.3. The van der Waals surface area contributed by atoms with Crippen LogP contribution in [0.2, 0.25) is 0 Å². The minimum absolute atomic E-state index is 0.141. The minimum atomic E-state index is -0.531. The molecule has 9 aromatic rings. The molecule has 0 fully saturated rings. The van der Waals surface area contributed by atoms with E-state index in [0.717, 1.165) is 22.4 Å². The van der Waals surface area contributed by atoms with E-state index < -0.39 is 5.41 Å². The monoisotopic (exact) mass is 754 g/mol. The van der Waals surface area contributed by atoms with Crippen molar-refractivity contribution in [3.63, 3.8) is 0 Å². The Kier molecular flexibility index (Phi) is 7.16. The van der Waals surface area contributed by atoms with E-state index in [2.05, 4.69) is 195 Å². The second-order valence-electron chi connectivity index (χ2n) is 16.4. The Morgan fingerprint density at radius 1 is 0.339 bits per heavy atom. The molecule has 0 radical (unpaired) electrons. The maximum Gasteiger partial charge on any atom is 0.164 e. The van der Waals surface area contributed by atoms with Crippen LogP contribution in [0.4, 0.5) is 17.1 Å². The molecule has 1 aromatic heterocycles. The molecule has 1 aliphatic heterocycles. The van der Waals surface area contributed by atoms with Gasteiger partial charge in [0.05, 0.1) is 16.8 Å². The average molecular weight is 755 g/mol. The van der Waals surface area contributed by atoms with Gasteiger partial charge in [0.2, 0.25) is 0 Å². The summed E-state index contributed by atoms with van der Waals surface area (Å²) in [7, 11) is 0. The van der Waals surface area contributed by atoms with Gasteiger partial charge >= 0.3 is 0 Å². The highest BCUT2D eigenvalue weighted by molar-refractivity contribution is 5.96. The summed E-state index contributed by atoms with van der Waals surface area (Å²) >= 11 is 0. The molecular formula is C55H38N4. The lowest BCUT2D eigenvalue weighted by atomic mass is 9.64. The predicted molar refractivity (Wildman–Crippen MR) is 239 cm³/mol. The number of benzene rings is 8. The number of hydrogen-bond donors (Lipinski definition) is 0. The summed E-state index contributed by atoms with van der Waals surface area (Å²) in [6.07, 6.45) is 0. The van der Waals surface area contributed by atoms with Crippen molar-refractivity contribution in [1.82, 2.24) is 15.0 Å². The third-order valence-corrected chi connectivity index (χ3v) is 12.9. The lowest BCUT2D eigenvalue weighted by Gasteiger charge is -2.45. The largest absolute Gasteiger partial charge is 0.310 e. The zero-order valence-corrected chi connectivity index (χ0v) is 32.8. The highest BCUT2D eigenvalue weighted by Gasteiger charge is 2.51. The molecule has 0 saturated carbocycles. The van der Waals surface area contributed by atoms with E-state index in [9.17, 15) is 0 Å². The quantitative estimate of drug-likeness (QED) is 0.179. The van der Waals surface area contributed by atoms with Gasteiger partial charge in [-0.1, -0.05) is 172 Å². The zero-order valence-electron chi connectivity index (χ0n) is 32.8. The molecule has 0 N–H and O–H groups in total. The maximum atomic E-state index is 5.29. The third-order valence-electron chi connectivity index (χ3n) is 12.9. The molecule has 0 amide bonds. The Bertz CT molecular complexity index is 3100. The molecule has 59 heavy (non-hydrogen) atoms. The van der Waals surface area contributed by atoms with Crippen molar-refractivity contribution in [3.05, 3.63) is 228 Å². The van der Waals surface area contributed by atoms with Crippen molar-refractivity contribution < 1.29 is 0 Å². The van der Waals surface area contributed by atoms with Gasteiger partial charge in [-0.2, -0.15) is 0 Å². The molecule has 8 aromatic carbocycles. The first-order valence-electron chi connectivity index (χ1n) is 20.4. The summed E-state index contributed by atoms with van der Waals surface area (Å²) in [4.78, 5) is 18.1. The summed E-state index contributed by atoms with van der Waals surface area (Å²) in [6.45, 7) is 4.63. The van der Waals surface area contributed by atoms with Crippen molar-refractivity contribution in [2.75, 3.05) is 4.90 Å². The van der Waals surface area contributed by atoms with Gasteiger partial charge < -0.3 is 4.90 Å². The predicted octanol–water partition coefficient (Wildman–Crippen LogP) is 13.3. The Hall–Kier alpha value is -7.43.